The second kappa shape index (κ2) is 6.00. The third kappa shape index (κ3) is 9.39. The summed E-state index contributed by atoms with van der Waals surface area (Å²) in [6.45, 7) is 6.79. The van der Waals surface area contributed by atoms with E-state index in [1.54, 1.807) is 3.59 Å². The first-order chi connectivity index (χ1) is 6.81. The van der Waals surface area contributed by atoms with Gasteiger partial charge in [-0.1, -0.05) is 0 Å². The Morgan fingerprint density at radius 2 is 1.44 bits per heavy atom. The molecule has 0 aromatic rings. The van der Waals surface area contributed by atoms with E-state index in [1.165, 1.54) is 4.44 Å². The molecule has 0 fully saturated rings. The van der Waals surface area contributed by atoms with E-state index in [2.05, 4.69) is 55.5 Å². The van der Waals surface area contributed by atoms with Crippen LogP contribution in [0.25, 0.3) is 0 Å². The van der Waals surface area contributed by atoms with Crippen LogP contribution in [0.4, 0.5) is 0 Å². The van der Waals surface area contributed by atoms with Gasteiger partial charge in [-0.15, -0.1) is 0 Å². The molecule has 0 aliphatic carbocycles. The Morgan fingerprint density at radius 3 is 1.69 bits per heavy atom. The van der Waals surface area contributed by atoms with Crippen molar-refractivity contribution in [3.63, 3.8) is 0 Å². The third-order valence-electron chi connectivity index (χ3n) is 2.24. The summed E-state index contributed by atoms with van der Waals surface area (Å²) in [4.78, 5) is 15.1. The number of allylic oxidation sites excluding steroid dienone is 1. The molecular formula is C12H30OSiSn2. The SMILES string of the molecule is C[Si](C)(C)O/C=[C](\[CH2][Sn]([CH3])([CH3])[CH3])[Sn]([CH3])([CH3])[CH3]. The Balaban J connectivity index is 4.84. The second-order valence-corrected chi connectivity index (χ2v) is 42.6. The molecule has 1 nitrogen and oxygen atoms in total. The fourth-order valence-electron chi connectivity index (χ4n) is 1.30. The van der Waals surface area contributed by atoms with E-state index in [0.29, 0.717) is 0 Å². The topological polar surface area (TPSA) is 9.23 Å². The van der Waals surface area contributed by atoms with Crippen molar-refractivity contribution in [2.75, 3.05) is 0 Å². The molecular weight excluding hydrogens is 426 g/mol. The van der Waals surface area contributed by atoms with Gasteiger partial charge >= 0.3 is 113 Å². The van der Waals surface area contributed by atoms with E-state index < -0.39 is 45.1 Å². The van der Waals surface area contributed by atoms with Gasteiger partial charge in [-0.25, -0.2) is 0 Å². The fraction of sp³-hybridized carbons (Fsp3) is 0.833. The molecule has 0 amide bonds. The van der Waals surface area contributed by atoms with Gasteiger partial charge in [0.1, 0.15) is 0 Å². The predicted octanol–water partition coefficient (Wildman–Crippen LogP) is 4.94. The van der Waals surface area contributed by atoms with Crippen LogP contribution in [0, 0.1) is 0 Å². The van der Waals surface area contributed by atoms with Crippen LogP contribution < -0.4 is 0 Å². The minimum atomic E-state index is -1.92. The molecule has 0 spiro atoms. The summed E-state index contributed by atoms with van der Waals surface area (Å²) < 4.78 is 9.15. The van der Waals surface area contributed by atoms with Crippen molar-refractivity contribution in [2.45, 2.75) is 53.7 Å². The molecule has 0 aromatic heterocycles. The molecule has 0 radical (unpaired) electrons. The summed E-state index contributed by atoms with van der Waals surface area (Å²) >= 11 is -3.64. The molecule has 0 aliphatic heterocycles. The van der Waals surface area contributed by atoms with Crippen molar-refractivity contribution < 1.29 is 4.43 Å². The van der Waals surface area contributed by atoms with Crippen molar-refractivity contribution in [3.05, 3.63) is 9.85 Å². The van der Waals surface area contributed by atoms with E-state index in [-0.39, 0.29) is 0 Å². The van der Waals surface area contributed by atoms with Crippen LogP contribution in [-0.2, 0) is 4.43 Å². The van der Waals surface area contributed by atoms with Gasteiger partial charge in [0.05, 0.1) is 0 Å². The van der Waals surface area contributed by atoms with Crippen molar-refractivity contribution >= 4 is 45.1 Å². The fourth-order valence-corrected chi connectivity index (χ4v) is 28.6. The first-order valence-electron chi connectivity index (χ1n) is 6.19. The molecule has 0 heterocycles. The van der Waals surface area contributed by atoms with Crippen LogP contribution in [0.5, 0.6) is 0 Å². The van der Waals surface area contributed by atoms with Gasteiger partial charge in [-0.3, -0.25) is 0 Å². The Hall–Kier alpha value is 1.35. The van der Waals surface area contributed by atoms with Gasteiger partial charge in [-0.2, -0.15) is 0 Å². The molecule has 0 unspecified atom stereocenters. The zero-order valence-corrected chi connectivity index (χ0v) is 19.4. The average Bonchev–Trinajstić information content (AvgIpc) is 1.91. The van der Waals surface area contributed by atoms with E-state index in [4.69, 9.17) is 4.43 Å². The molecule has 0 rings (SSSR count). The molecule has 0 saturated heterocycles. The maximum atomic E-state index is 6.03. The summed E-state index contributed by atoms with van der Waals surface area (Å²) in [5.41, 5.74) is 0. The van der Waals surface area contributed by atoms with Crippen LogP contribution in [0.15, 0.2) is 9.85 Å². The predicted molar refractivity (Wildman–Crippen MR) is 84.0 cm³/mol. The first kappa shape index (κ1) is 17.4. The van der Waals surface area contributed by atoms with E-state index >= 15 is 0 Å². The molecule has 16 heavy (non-hydrogen) atoms. The molecule has 0 atom stereocenters. The van der Waals surface area contributed by atoms with Gasteiger partial charge in [-0.05, 0) is 0 Å². The molecule has 0 N–H and O–H groups in total. The van der Waals surface area contributed by atoms with Gasteiger partial charge in [0.2, 0.25) is 0 Å². The Labute approximate surface area is 112 Å². The average molecular weight is 456 g/mol. The molecule has 96 valence electrons. The van der Waals surface area contributed by atoms with Crippen molar-refractivity contribution in [1.29, 1.82) is 0 Å². The summed E-state index contributed by atoms with van der Waals surface area (Å²) in [5, 5.41) is 0. The maximum absolute atomic E-state index is 6.03. The Bertz CT molecular complexity index is 254. The zero-order valence-electron chi connectivity index (χ0n) is 12.7. The van der Waals surface area contributed by atoms with Gasteiger partial charge in [0.15, 0.2) is 0 Å². The van der Waals surface area contributed by atoms with E-state index in [9.17, 15) is 0 Å². The molecule has 0 aliphatic rings. The van der Waals surface area contributed by atoms with Gasteiger partial charge in [0.25, 0.3) is 0 Å². The Morgan fingerprint density at radius 1 is 1.00 bits per heavy atom. The first-order valence-corrected chi connectivity index (χ1v) is 30.2. The number of hydrogen-bond donors (Lipinski definition) is 0. The summed E-state index contributed by atoms with van der Waals surface area (Å²) in [5.74, 6) is 0. The van der Waals surface area contributed by atoms with Crippen LogP contribution in [0.3, 0.4) is 0 Å². The molecule has 0 aromatic carbocycles. The Kier molecular flexibility index (Phi) is 6.51. The standard InChI is InChI=1S/C6H12OSi.6CH3.2Sn/c1-5-6-7-8(2,3)4;;;;;;;;/h6H,1H2,2-4H3;6*1H3;;. The normalized spacial score (nSPS) is 15.2. The second-order valence-electron chi connectivity index (χ2n) is 7.86. The van der Waals surface area contributed by atoms with Crippen LogP contribution in [-0.4, -0.2) is 45.1 Å². The summed E-state index contributed by atoms with van der Waals surface area (Å²) in [7, 11) is -1.39. The third-order valence-corrected chi connectivity index (χ3v) is 16.4. The molecule has 0 bridgehead atoms. The molecule has 0 saturated carbocycles. The van der Waals surface area contributed by atoms with Crippen LogP contribution in [0.2, 0.25) is 53.7 Å². The van der Waals surface area contributed by atoms with Gasteiger partial charge < -0.3 is 0 Å². The minimum absolute atomic E-state index is 1.39. The summed E-state index contributed by atoms with van der Waals surface area (Å²) in [6, 6.07) is 0. The van der Waals surface area contributed by atoms with Gasteiger partial charge in [0, 0.05) is 0 Å². The van der Waals surface area contributed by atoms with Crippen molar-refractivity contribution in [3.8, 4) is 0 Å². The van der Waals surface area contributed by atoms with E-state index in [1.807, 2.05) is 0 Å². The number of hydrogen-bond acceptors (Lipinski definition) is 1. The molecule has 4 heteroatoms. The van der Waals surface area contributed by atoms with Crippen molar-refractivity contribution in [1.82, 2.24) is 0 Å². The van der Waals surface area contributed by atoms with E-state index in [0.717, 1.165) is 0 Å². The summed E-state index contributed by atoms with van der Waals surface area (Å²) in [6.07, 6.45) is 2.18. The van der Waals surface area contributed by atoms with Crippen molar-refractivity contribution in [2.24, 2.45) is 0 Å². The van der Waals surface area contributed by atoms with Crippen LogP contribution in [0.1, 0.15) is 0 Å². The van der Waals surface area contributed by atoms with Crippen LogP contribution >= 0.6 is 0 Å². The number of rotatable bonds is 5. The zero-order chi connectivity index (χ0) is 13.2. The quantitative estimate of drug-likeness (QED) is 0.421. The monoisotopic (exact) mass is 458 g/mol.